The first-order valence-electron chi connectivity index (χ1n) is 8.12. The molecule has 0 atom stereocenters. The molecular weight excluding hydrogens is 349 g/mol. The number of aryl methyl sites for hydroxylation is 1. The lowest BCUT2D eigenvalue weighted by Crippen LogP contribution is -2.24. The van der Waals surface area contributed by atoms with Gasteiger partial charge in [-0.3, -0.25) is 4.79 Å². The summed E-state index contributed by atoms with van der Waals surface area (Å²) in [5, 5.41) is 4.38. The number of nitrogens with zero attached hydrogens (tertiary/aromatic N) is 2. The summed E-state index contributed by atoms with van der Waals surface area (Å²) in [4.78, 5) is 21.2. The summed E-state index contributed by atoms with van der Waals surface area (Å²) in [6.45, 7) is 6.00. The van der Waals surface area contributed by atoms with E-state index in [1.165, 1.54) is 23.9 Å². The van der Waals surface area contributed by atoms with Crippen LogP contribution in [-0.4, -0.2) is 28.2 Å². The Morgan fingerprint density at radius 2 is 2.00 bits per heavy atom. The molecule has 2 aromatic carbocycles. The Hall–Kier alpha value is -2.73. The predicted molar refractivity (Wildman–Crippen MR) is 104 cm³/mol. The van der Waals surface area contributed by atoms with Crippen molar-refractivity contribution < 1.29 is 9.18 Å². The molecule has 6 heteroatoms. The van der Waals surface area contributed by atoms with Crippen molar-refractivity contribution in [3.05, 3.63) is 66.5 Å². The Bertz CT molecular complexity index is 957. The summed E-state index contributed by atoms with van der Waals surface area (Å²) in [6.07, 6.45) is 1.64. The molecule has 0 radical (unpaired) electrons. The van der Waals surface area contributed by atoms with E-state index in [0.29, 0.717) is 12.4 Å². The van der Waals surface area contributed by atoms with Gasteiger partial charge in [-0.05, 0) is 36.8 Å². The van der Waals surface area contributed by atoms with Crippen molar-refractivity contribution in [2.24, 2.45) is 0 Å². The summed E-state index contributed by atoms with van der Waals surface area (Å²) in [5.41, 5.74) is 2.58. The zero-order valence-corrected chi connectivity index (χ0v) is 15.1. The molecule has 1 N–H and O–H groups in total. The fourth-order valence-corrected chi connectivity index (χ4v) is 3.32. The number of benzene rings is 2. The van der Waals surface area contributed by atoms with E-state index in [2.05, 4.69) is 21.9 Å². The number of nitrogens with one attached hydrogen (secondary N) is 1. The number of hydrogen-bond donors (Lipinski definition) is 1. The van der Waals surface area contributed by atoms with Crippen LogP contribution in [0.2, 0.25) is 0 Å². The van der Waals surface area contributed by atoms with E-state index < -0.39 is 0 Å². The summed E-state index contributed by atoms with van der Waals surface area (Å²) in [6, 6.07) is 11.9. The largest absolute Gasteiger partial charge is 0.352 e. The highest BCUT2D eigenvalue weighted by Gasteiger charge is 2.13. The van der Waals surface area contributed by atoms with Gasteiger partial charge in [-0.1, -0.05) is 36.0 Å². The van der Waals surface area contributed by atoms with E-state index in [-0.39, 0.29) is 17.5 Å². The molecule has 0 saturated heterocycles. The van der Waals surface area contributed by atoms with Gasteiger partial charge in [-0.2, -0.15) is 0 Å². The van der Waals surface area contributed by atoms with Gasteiger partial charge in [0.2, 0.25) is 5.91 Å². The molecule has 0 aliphatic carbocycles. The number of amides is 1. The average Bonchev–Trinajstić information content (AvgIpc) is 2.65. The van der Waals surface area contributed by atoms with Gasteiger partial charge >= 0.3 is 0 Å². The molecule has 0 fully saturated rings. The zero-order chi connectivity index (χ0) is 18.5. The highest BCUT2D eigenvalue weighted by atomic mass is 32.2. The van der Waals surface area contributed by atoms with Crippen molar-refractivity contribution in [1.29, 1.82) is 0 Å². The first-order chi connectivity index (χ1) is 12.6. The molecular formula is C20H18FN3OS. The van der Waals surface area contributed by atoms with Gasteiger partial charge in [0.25, 0.3) is 0 Å². The van der Waals surface area contributed by atoms with Crippen molar-refractivity contribution in [3.63, 3.8) is 0 Å². The average molecular weight is 367 g/mol. The summed E-state index contributed by atoms with van der Waals surface area (Å²) >= 11 is 1.36. The van der Waals surface area contributed by atoms with E-state index in [0.717, 1.165) is 27.1 Å². The minimum Gasteiger partial charge on any atom is -0.352 e. The molecule has 0 saturated carbocycles. The third-order valence-corrected chi connectivity index (χ3v) is 4.77. The highest BCUT2D eigenvalue weighted by Crippen LogP contribution is 2.29. The van der Waals surface area contributed by atoms with Crippen LogP contribution in [0, 0.1) is 12.7 Å². The molecule has 1 amide bonds. The number of aromatic nitrogens is 2. The Morgan fingerprint density at radius 1 is 1.23 bits per heavy atom. The molecule has 0 unspecified atom stereocenters. The number of fused-ring (bicyclic) bond motifs is 1. The summed E-state index contributed by atoms with van der Waals surface area (Å²) < 4.78 is 13.2. The number of para-hydroxylation sites is 1. The molecule has 0 bridgehead atoms. The summed E-state index contributed by atoms with van der Waals surface area (Å²) in [5.74, 6) is 0.370. The lowest BCUT2D eigenvalue weighted by molar-refractivity contribution is -0.118. The zero-order valence-electron chi connectivity index (χ0n) is 14.3. The molecule has 4 nitrogen and oxygen atoms in total. The van der Waals surface area contributed by atoms with Gasteiger partial charge in [-0.15, -0.1) is 6.58 Å². The number of hydrogen-bond acceptors (Lipinski definition) is 4. The van der Waals surface area contributed by atoms with Gasteiger partial charge in [0.05, 0.1) is 11.3 Å². The van der Waals surface area contributed by atoms with Crippen molar-refractivity contribution in [1.82, 2.24) is 15.3 Å². The Balaban J connectivity index is 2.00. The Labute approximate surface area is 155 Å². The highest BCUT2D eigenvalue weighted by molar-refractivity contribution is 8.00. The van der Waals surface area contributed by atoms with E-state index in [9.17, 15) is 9.18 Å². The van der Waals surface area contributed by atoms with Gasteiger partial charge in [-0.25, -0.2) is 14.4 Å². The van der Waals surface area contributed by atoms with Crippen LogP contribution in [0.1, 0.15) is 5.56 Å². The molecule has 0 spiro atoms. The van der Waals surface area contributed by atoms with Crippen LogP contribution in [0.4, 0.5) is 4.39 Å². The fourth-order valence-electron chi connectivity index (χ4n) is 2.48. The Kier molecular flexibility index (Phi) is 5.63. The van der Waals surface area contributed by atoms with E-state index >= 15 is 0 Å². The predicted octanol–water partition coefficient (Wildman–Crippen LogP) is 4.14. The molecule has 26 heavy (non-hydrogen) atoms. The second kappa shape index (κ2) is 8.10. The summed E-state index contributed by atoms with van der Waals surface area (Å²) in [7, 11) is 0. The minimum atomic E-state index is -0.306. The standard InChI is InChI=1S/C20H18FN3OS/c1-3-11-22-17(25)12-26-20-16-6-4-5-13(2)18(16)23-19(24-20)14-7-9-15(21)10-8-14/h3-10H,1,11-12H2,2H3,(H,22,25). The van der Waals surface area contributed by atoms with Crippen LogP contribution in [0.5, 0.6) is 0 Å². The van der Waals surface area contributed by atoms with E-state index in [1.54, 1.807) is 18.2 Å². The number of rotatable bonds is 6. The topological polar surface area (TPSA) is 54.9 Å². The van der Waals surface area contributed by atoms with Gasteiger partial charge in [0, 0.05) is 17.5 Å². The number of thioether (sulfide) groups is 1. The van der Waals surface area contributed by atoms with Crippen LogP contribution < -0.4 is 5.32 Å². The SMILES string of the molecule is C=CCNC(=O)CSc1nc(-c2ccc(F)cc2)nc2c(C)cccc12. The van der Waals surface area contributed by atoms with Gasteiger partial charge in [0.15, 0.2) is 5.82 Å². The maximum Gasteiger partial charge on any atom is 0.230 e. The van der Waals surface area contributed by atoms with Crippen molar-refractivity contribution >= 4 is 28.6 Å². The fraction of sp³-hybridized carbons (Fsp3) is 0.150. The quantitative estimate of drug-likeness (QED) is 0.404. The van der Waals surface area contributed by atoms with Crippen molar-refractivity contribution in [2.45, 2.75) is 11.9 Å². The van der Waals surface area contributed by atoms with Crippen molar-refractivity contribution in [2.75, 3.05) is 12.3 Å². The lowest BCUT2D eigenvalue weighted by atomic mass is 10.1. The minimum absolute atomic E-state index is 0.0855. The number of halogens is 1. The van der Waals surface area contributed by atoms with Crippen LogP contribution in [0.25, 0.3) is 22.3 Å². The Morgan fingerprint density at radius 3 is 2.73 bits per heavy atom. The van der Waals surface area contributed by atoms with Gasteiger partial charge in [0.1, 0.15) is 10.8 Å². The second-order valence-electron chi connectivity index (χ2n) is 5.71. The number of carbonyl (C=O) groups excluding carboxylic acids is 1. The molecule has 0 aliphatic heterocycles. The number of carbonyl (C=O) groups is 1. The van der Waals surface area contributed by atoms with E-state index in [4.69, 9.17) is 0 Å². The lowest BCUT2D eigenvalue weighted by Gasteiger charge is -2.10. The van der Waals surface area contributed by atoms with E-state index in [1.807, 2.05) is 25.1 Å². The third kappa shape index (κ3) is 4.08. The molecule has 3 rings (SSSR count). The normalized spacial score (nSPS) is 10.7. The monoisotopic (exact) mass is 367 g/mol. The third-order valence-electron chi connectivity index (χ3n) is 3.78. The van der Waals surface area contributed by atoms with Crippen LogP contribution >= 0.6 is 11.8 Å². The smallest absolute Gasteiger partial charge is 0.230 e. The van der Waals surface area contributed by atoms with Crippen LogP contribution in [0.15, 0.2) is 60.1 Å². The molecule has 0 aliphatic rings. The maximum absolute atomic E-state index is 13.2. The van der Waals surface area contributed by atoms with Crippen LogP contribution in [-0.2, 0) is 4.79 Å². The molecule has 1 aromatic heterocycles. The first-order valence-corrected chi connectivity index (χ1v) is 9.10. The second-order valence-corrected chi connectivity index (χ2v) is 6.68. The van der Waals surface area contributed by atoms with Crippen molar-refractivity contribution in [3.8, 4) is 11.4 Å². The van der Waals surface area contributed by atoms with Gasteiger partial charge < -0.3 is 5.32 Å². The molecule has 3 aromatic rings. The van der Waals surface area contributed by atoms with Crippen LogP contribution in [0.3, 0.4) is 0 Å². The molecule has 132 valence electrons. The molecule has 1 heterocycles. The first kappa shape index (κ1) is 18.1. The maximum atomic E-state index is 13.2.